The van der Waals surface area contributed by atoms with Gasteiger partial charge in [0.1, 0.15) is 12.1 Å². The van der Waals surface area contributed by atoms with Crippen molar-refractivity contribution in [3.63, 3.8) is 0 Å². The minimum absolute atomic E-state index is 0.199. The van der Waals surface area contributed by atoms with Gasteiger partial charge >= 0.3 is 0 Å². The van der Waals surface area contributed by atoms with Crippen molar-refractivity contribution >= 4 is 11.0 Å². The summed E-state index contributed by atoms with van der Waals surface area (Å²) >= 11 is 0. The van der Waals surface area contributed by atoms with Gasteiger partial charge in [-0.1, -0.05) is 18.2 Å². The van der Waals surface area contributed by atoms with E-state index in [0.29, 0.717) is 13.2 Å². The van der Waals surface area contributed by atoms with E-state index in [1.54, 1.807) is 6.33 Å². The highest BCUT2D eigenvalue weighted by atomic mass is 16.7. The number of imidazole rings is 1. The number of aromatic nitrogens is 2. The van der Waals surface area contributed by atoms with Crippen molar-refractivity contribution in [1.29, 1.82) is 0 Å². The molecule has 3 aliphatic rings. The molecule has 8 nitrogen and oxygen atoms in total. The Morgan fingerprint density at radius 3 is 3.00 bits per heavy atom. The van der Waals surface area contributed by atoms with E-state index in [1.165, 1.54) is 0 Å². The molecule has 0 aliphatic carbocycles. The first-order valence-corrected chi connectivity index (χ1v) is 9.76. The maximum atomic E-state index is 11.3. The van der Waals surface area contributed by atoms with E-state index >= 15 is 0 Å². The number of fused-ring (bicyclic) bond motifs is 4. The van der Waals surface area contributed by atoms with Crippen LogP contribution in [0.25, 0.3) is 11.0 Å². The molecule has 0 saturated carbocycles. The van der Waals surface area contributed by atoms with Crippen LogP contribution < -0.4 is 14.8 Å². The van der Waals surface area contributed by atoms with E-state index in [0.717, 1.165) is 28.1 Å². The lowest BCUT2D eigenvalue weighted by molar-refractivity contribution is -0.164. The van der Waals surface area contributed by atoms with Crippen LogP contribution >= 0.6 is 0 Å². The second-order valence-corrected chi connectivity index (χ2v) is 7.59. The molecule has 150 valence electrons. The summed E-state index contributed by atoms with van der Waals surface area (Å²) in [6.45, 7) is 1.27. The van der Waals surface area contributed by atoms with Crippen molar-refractivity contribution < 1.29 is 24.1 Å². The molecule has 8 heteroatoms. The topological polar surface area (TPSA) is 87.0 Å². The number of rotatable bonds is 4. The van der Waals surface area contributed by atoms with E-state index in [-0.39, 0.29) is 25.0 Å². The molecule has 2 N–H and O–H groups in total. The lowest BCUT2D eigenvalue weighted by atomic mass is 9.95. The average molecular weight is 395 g/mol. The molecule has 2 fully saturated rings. The number of nitrogens with zero attached hydrogens (tertiary/aromatic N) is 2. The highest BCUT2D eigenvalue weighted by Gasteiger charge is 2.51. The molecule has 2 saturated heterocycles. The van der Waals surface area contributed by atoms with Gasteiger partial charge in [0.25, 0.3) is 0 Å². The summed E-state index contributed by atoms with van der Waals surface area (Å²) in [7, 11) is 0. The van der Waals surface area contributed by atoms with Gasteiger partial charge in [-0.2, -0.15) is 0 Å². The fourth-order valence-electron chi connectivity index (χ4n) is 4.45. The molecule has 3 aliphatic heterocycles. The molecule has 0 radical (unpaired) electrons. The molecule has 5 unspecified atom stereocenters. The Kier molecular flexibility index (Phi) is 3.98. The first-order valence-electron chi connectivity index (χ1n) is 9.76. The predicted molar refractivity (Wildman–Crippen MR) is 103 cm³/mol. The number of hydrogen-bond acceptors (Lipinski definition) is 7. The molecule has 4 heterocycles. The van der Waals surface area contributed by atoms with Crippen molar-refractivity contribution in [2.45, 2.75) is 37.1 Å². The number of nitrogens with one attached hydrogen (secondary N) is 1. The highest BCUT2D eigenvalue weighted by Crippen LogP contribution is 2.38. The number of benzene rings is 2. The quantitative estimate of drug-likeness (QED) is 0.694. The third kappa shape index (κ3) is 2.79. The summed E-state index contributed by atoms with van der Waals surface area (Å²) in [6, 6.07) is 13.1. The zero-order valence-corrected chi connectivity index (χ0v) is 15.6. The first kappa shape index (κ1) is 17.2. The van der Waals surface area contributed by atoms with Crippen molar-refractivity contribution in [3.8, 4) is 11.5 Å². The largest absolute Gasteiger partial charge is 0.454 e. The van der Waals surface area contributed by atoms with Gasteiger partial charge in [0.15, 0.2) is 17.8 Å². The maximum absolute atomic E-state index is 11.3. The Labute approximate surface area is 167 Å². The smallest absolute Gasteiger partial charge is 0.231 e. The van der Waals surface area contributed by atoms with Crippen LogP contribution in [0.3, 0.4) is 0 Å². The number of aliphatic hydroxyl groups excluding tert-OH is 1. The molecule has 2 aromatic carbocycles. The standard InChI is InChI=1S/C21H21N3O5/c25-20-18(22-8-12-5-6-15-16(7-12)28-11-27-15)17-9-26-21(29-17)19(20)24-10-23-13-3-1-2-4-14(13)24/h1-7,10,17-22,25H,8-9,11H2. The summed E-state index contributed by atoms with van der Waals surface area (Å²) in [6.07, 6.45) is 0.373. The minimum Gasteiger partial charge on any atom is -0.454 e. The van der Waals surface area contributed by atoms with Crippen LogP contribution in [-0.2, 0) is 16.0 Å². The first-order chi connectivity index (χ1) is 14.3. The molecule has 29 heavy (non-hydrogen) atoms. The van der Waals surface area contributed by atoms with Gasteiger partial charge in [-0.05, 0) is 29.8 Å². The lowest BCUT2D eigenvalue weighted by Crippen LogP contribution is -2.57. The summed E-state index contributed by atoms with van der Waals surface area (Å²) < 4.78 is 24.7. The summed E-state index contributed by atoms with van der Waals surface area (Å²) in [5, 5.41) is 14.7. The Morgan fingerprint density at radius 1 is 1.14 bits per heavy atom. The third-order valence-electron chi connectivity index (χ3n) is 5.91. The van der Waals surface area contributed by atoms with E-state index < -0.39 is 12.4 Å². The molecule has 0 amide bonds. The van der Waals surface area contributed by atoms with Gasteiger partial charge < -0.3 is 33.9 Å². The molecule has 0 spiro atoms. The summed E-state index contributed by atoms with van der Waals surface area (Å²) in [4.78, 5) is 4.46. The van der Waals surface area contributed by atoms with Gasteiger partial charge in [-0.15, -0.1) is 0 Å². The van der Waals surface area contributed by atoms with Crippen molar-refractivity contribution in [2.75, 3.05) is 13.4 Å². The third-order valence-corrected chi connectivity index (χ3v) is 5.91. The van der Waals surface area contributed by atoms with Gasteiger partial charge in [0, 0.05) is 6.54 Å². The van der Waals surface area contributed by atoms with Crippen LogP contribution in [0.2, 0.25) is 0 Å². The zero-order valence-electron chi connectivity index (χ0n) is 15.6. The fourth-order valence-corrected chi connectivity index (χ4v) is 4.45. The molecular weight excluding hydrogens is 374 g/mol. The average Bonchev–Trinajstić information content (AvgIpc) is 3.47. The summed E-state index contributed by atoms with van der Waals surface area (Å²) in [5.74, 6) is 1.51. The highest BCUT2D eigenvalue weighted by molar-refractivity contribution is 5.75. The maximum Gasteiger partial charge on any atom is 0.231 e. The minimum atomic E-state index is -0.687. The lowest BCUT2D eigenvalue weighted by Gasteiger charge is -2.39. The SMILES string of the molecule is OC1C(NCc2ccc3c(c2)OCO3)C2COC(O2)C1n1cnc2ccccc21. The Morgan fingerprint density at radius 2 is 2.03 bits per heavy atom. The Bertz CT molecular complexity index is 1050. The van der Waals surface area contributed by atoms with Gasteiger partial charge in [0.05, 0.1) is 36.1 Å². The van der Waals surface area contributed by atoms with Crippen LogP contribution in [-0.4, -0.2) is 52.6 Å². The second kappa shape index (κ2) is 6.70. The zero-order chi connectivity index (χ0) is 19.4. The van der Waals surface area contributed by atoms with E-state index in [2.05, 4.69) is 10.3 Å². The van der Waals surface area contributed by atoms with Crippen LogP contribution in [0, 0.1) is 0 Å². The van der Waals surface area contributed by atoms with E-state index in [4.69, 9.17) is 18.9 Å². The molecule has 2 bridgehead atoms. The van der Waals surface area contributed by atoms with Crippen molar-refractivity contribution in [1.82, 2.24) is 14.9 Å². The van der Waals surface area contributed by atoms with Gasteiger partial charge in [-0.3, -0.25) is 0 Å². The van der Waals surface area contributed by atoms with Crippen LogP contribution in [0.4, 0.5) is 0 Å². The van der Waals surface area contributed by atoms with Crippen LogP contribution in [0.5, 0.6) is 11.5 Å². The fraction of sp³-hybridized carbons (Fsp3) is 0.381. The van der Waals surface area contributed by atoms with Crippen molar-refractivity contribution in [3.05, 3.63) is 54.4 Å². The number of hydrogen-bond donors (Lipinski definition) is 2. The van der Waals surface area contributed by atoms with Crippen LogP contribution in [0.15, 0.2) is 48.8 Å². The predicted octanol–water partition coefficient (Wildman–Crippen LogP) is 1.58. The Balaban J connectivity index is 1.26. The monoisotopic (exact) mass is 395 g/mol. The van der Waals surface area contributed by atoms with E-state index in [9.17, 15) is 5.11 Å². The Hall–Kier alpha value is -2.65. The normalized spacial score (nSPS) is 30.2. The molecule has 6 rings (SSSR count). The molecule has 5 atom stereocenters. The number of para-hydroxylation sites is 2. The summed E-state index contributed by atoms with van der Waals surface area (Å²) in [5.41, 5.74) is 2.88. The van der Waals surface area contributed by atoms with Crippen molar-refractivity contribution in [2.24, 2.45) is 0 Å². The van der Waals surface area contributed by atoms with Crippen LogP contribution in [0.1, 0.15) is 11.6 Å². The second-order valence-electron chi connectivity index (χ2n) is 7.59. The van der Waals surface area contributed by atoms with Gasteiger partial charge in [0.2, 0.25) is 6.79 Å². The number of aliphatic hydroxyl groups is 1. The van der Waals surface area contributed by atoms with Gasteiger partial charge in [-0.25, -0.2) is 4.98 Å². The number of ether oxygens (including phenoxy) is 4. The molecule has 3 aromatic rings. The molecule has 1 aromatic heterocycles. The van der Waals surface area contributed by atoms with E-state index in [1.807, 2.05) is 47.0 Å². The molecular formula is C21H21N3O5.